The van der Waals surface area contributed by atoms with Crippen molar-refractivity contribution in [1.29, 1.82) is 0 Å². The van der Waals surface area contributed by atoms with Gasteiger partial charge in [-0.05, 0) is 52.2 Å². The van der Waals surface area contributed by atoms with Gasteiger partial charge in [-0.1, -0.05) is 84.9 Å². The number of para-hydroxylation sites is 3. The van der Waals surface area contributed by atoms with E-state index < -0.39 is 0 Å². The zero-order valence-corrected chi connectivity index (χ0v) is 22.0. The Bertz CT molecular complexity index is 2650. The Hall–Kier alpha value is -5.06. The van der Waals surface area contributed by atoms with E-state index in [9.17, 15) is 0 Å². The second kappa shape index (κ2) is 7.32. The molecule has 6 aromatic carbocycles. The number of nitrogens with zero attached hydrogens (tertiary/aromatic N) is 3. The number of hydrogen-bond acceptors (Lipinski definition) is 3. The molecule has 0 unspecified atom stereocenters. The van der Waals surface area contributed by atoms with Crippen LogP contribution < -0.4 is 0 Å². The lowest BCUT2D eigenvalue weighted by Crippen LogP contribution is -1.88. The first kappa shape index (κ1) is 20.8. The molecule has 40 heavy (non-hydrogen) atoms. The number of benzene rings is 6. The van der Waals surface area contributed by atoms with Gasteiger partial charge >= 0.3 is 0 Å². The molecule has 0 bridgehead atoms. The van der Waals surface area contributed by atoms with Crippen LogP contribution in [0.25, 0.3) is 91.5 Å². The predicted octanol–water partition coefficient (Wildman–Crippen LogP) is 9.97. The van der Waals surface area contributed by atoms with Gasteiger partial charge in [-0.15, -0.1) is 11.3 Å². The molecule has 0 saturated heterocycles. The van der Waals surface area contributed by atoms with Crippen LogP contribution in [0.1, 0.15) is 0 Å². The summed E-state index contributed by atoms with van der Waals surface area (Å²) in [7, 11) is 0. The van der Waals surface area contributed by atoms with E-state index in [1.807, 2.05) is 35.6 Å². The SMILES string of the molecule is c1ccc2c(-c3ccc4c(c3)sc3ccc5c(c6cccc7c8nc9ccccc9nc8n5c76)c34)cccc2c1. The summed E-state index contributed by atoms with van der Waals surface area (Å²) < 4.78 is 4.96. The molecule has 0 aliphatic rings. The molecule has 10 aromatic rings. The first-order chi connectivity index (χ1) is 19.8. The Labute approximate surface area is 231 Å². The molecule has 0 spiro atoms. The Kier molecular flexibility index (Phi) is 3.81. The summed E-state index contributed by atoms with van der Waals surface area (Å²) in [5.74, 6) is 0. The molecule has 184 valence electrons. The highest BCUT2D eigenvalue weighted by atomic mass is 32.1. The monoisotopic (exact) mass is 525 g/mol. The van der Waals surface area contributed by atoms with Crippen molar-refractivity contribution in [3.8, 4) is 11.1 Å². The van der Waals surface area contributed by atoms with Crippen LogP contribution in [0.5, 0.6) is 0 Å². The van der Waals surface area contributed by atoms with Crippen LogP contribution in [0.15, 0.2) is 115 Å². The lowest BCUT2D eigenvalue weighted by Gasteiger charge is -2.07. The minimum absolute atomic E-state index is 0.923. The van der Waals surface area contributed by atoms with Crippen LogP contribution in [-0.4, -0.2) is 14.4 Å². The fraction of sp³-hybridized carbons (Fsp3) is 0. The molecule has 4 aromatic heterocycles. The van der Waals surface area contributed by atoms with E-state index in [1.165, 1.54) is 63.9 Å². The van der Waals surface area contributed by atoms with E-state index in [1.54, 1.807) is 0 Å². The van der Waals surface area contributed by atoms with Crippen LogP contribution in [0, 0.1) is 0 Å². The maximum absolute atomic E-state index is 5.12. The molecule has 3 nitrogen and oxygen atoms in total. The van der Waals surface area contributed by atoms with Crippen molar-refractivity contribution in [1.82, 2.24) is 14.4 Å². The number of hydrogen-bond donors (Lipinski definition) is 0. The Morgan fingerprint density at radius 2 is 1.32 bits per heavy atom. The Morgan fingerprint density at radius 3 is 2.27 bits per heavy atom. The molecule has 0 saturated carbocycles. The second-order valence-corrected chi connectivity index (χ2v) is 11.7. The smallest absolute Gasteiger partial charge is 0.165 e. The van der Waals surface area contributed by atoms with Crippen LogP contribution in [-0.2, 0) is 0 Å². The van der Waals surface area contributed by atoms with Gasteiger partial charge in [-0.25, -0.2) is 9.97 Å². The second-order valence-electron chi connectivity index (χ2n) is 10.6. The van der Waals surface area contributed by atoms with Crippen LogP contribution in [0.2, 0.25) is 0 Å². The predicted molar refractivity (Wildman–Crippen MR) is 170 cm³/mol. The van der Waals surface area contributed by atoms with Gasteiger partial charge in [0.1, 0.15) is 5.52 Å². The van der Waals surface area contributed by atoms with Gasteiger partial charge in [0.2, 0.25) is 0 Å². The molecule has 10 rings (SSSR count). The fourth-order valence-electron chi connectivity index (χ4n) is 6.81. The van der Waals surface area contributed by atoms with Crippen molar-refractivity contribution >= 4 is 91.7 Å². The lowest BCUT2D eigenvalue weighted by molar-refractivity contribution is 1.28. The van der Waals surface area contributed by atoms with Gasteiger partial charge in [0.25, 0.3) is 0 Å². The average molecular weight is 526 g/mol. The molecule has 0 aliphatic heterocycles. The molecule has 4 heteroatoms. The minimum Gasteiger partial charge on any atom is -0.291 e. The molecular weight excluding hydrogens is 506 g/mol. The average Bonchev–Trinajstić information content (AvgIpc) is 3.65. The van der Waals surface area contributed by atoms with Crippen molar-refractivity contribution in [2.75, 3.05) is 0 Å². The summed E-state index contributed by atoms with van der Waals surface area (Å²) in [6.07, 6.45) is 0. The molecule has 0 atom stereocenters. The minimum atomic E-state index is 0.923. The first-order valence-electron chi connectivity index (χ1n) is 13.5. The normalized spacial score (nSPS) is 12.5. The van der Waals surface area contributed by atoms with Gasteiger partial charge in [0.15, 0.2) is 5.65 Å². The van der Waals surface area contributed by atoms with Gasteiger partial charge in [-0.3, -0.25) is 4.40 Å². The number of thiophene rings is 1. The van der Waals surface area contributed by atoms with E-state index in [4.69, 9.17) is 9.97 Å². The highest BCUT2D eigenvalue weighted by molar-refractivity contribution is 7.26. The quantitative estimate of drug-likeness (QED) is 0.213. The molecule has 0 aliphatic carbocycles. The standard InChI is InChI=1S/C36H19N3S/c1-2-9-22-20(7-1)8-5-10-23(22)21-15-16-24-31(19-21)40-30-18-17-29-32(33(24)30)25-11-6-12-26-34-36(39(29)35(25)26)38-28-14-4-3-13-27(28)37-34/h1-19H. The van der Waals surface area contributed by atoms with Gasteiger partial charge < -0.3 is 0 Å². The summed E-state index contributed by atoms with van der Waals surface area (Å²) in [5, 5.41) is 8.93. The highest BCUT2D eigenvalue weighted by Crippen LogP contribution is 2.46. The third-order valence-electron chi connectivity index (χ3n) is 8.51. The van der Waals surface area contributed by atoms with Crippen LogP contribution >= 0.6 is 11.3 Å². The summed E-state index contributed by atoms with van der Waals surface area (Å²) in [6, 6.07) is 41.5. The number of rotatable bonds is 1. The van der Waals surface area contributed by atoms with E-state index >= 15 is 0 Å². The maximum Gasteiger partial charge on any atom is 0.165 e. The van der Waals surface area contributed by atoms with Crippen LogP contribution in [0.3, 0.4) is 0 Å². The zero-order chi connectivity index (χ0) is 25.9. The van der Waals surface area contributed by atoms with Crippen molar-refractivity contribution in [3.05, 3.63) is 115 Å². The zero-order valence-electron chi connectivity index (χ0n) is 21.2. The lowest BCUT2D eigenvalue weighted by atomic mass is 9.97. The molecule has 4 heterocycles. The van der Waals surface area contributed by atoms with E-state index in [-0.39, 0.29) is 0 Å². The van der Waals surface area contributed by atoms with E-state index in [0.717, 1.165) is 27.6 Å². The third kappa shape index (κ3) is 2.54. The largest absolute Gasteiger partial charge is 0.291 e. The van der Waals surface area contributed by atoms with Crippen LogP contribution in [0.4, 0.5) is 0 Å². The molecule has 0 N–H and O–H groups in total. The number of fused-ring (bicyclic) bond motifs is 12. The van der Waals surface area contributed by atoms with Crippen molar-refractivity contribution in [3.63, 3.8) is 0 Å². The first-order valence-corrected chi connectivity index (χ1v) is 14.3. The van der Waals surface area contributed by atoms with Gasteiger partial charge in [-0.2, -0.15) is 0 Å². The topological polar surface area (TPSA) is 30.2 Å². The molecular formula is C36H19N3S. The van der Waals surface area contributed by atoms with E-state index in [2.05, 4.69) is 95.4 Å². The summed E-state index contributed by atoms with van der Waals surface area (Å²) in [6.45, 7) is 0. The fourth-order valence-corrected chi connectivity index (χ4v) is 7.96. The third-order valence-corrected chi connectivity index (χ3v) is 9.62. The summed E-state index contributed by atoms with van der Waals surface area (Å²) >= 11 is 1.88. The summed E-state index contributed by atoms with van der Waals surface area (Å²) in [5.41, 5.74) is 8.69. The van der Waals surface area contributed by atoms with Crippen molar-refractivity contribution in [2.24, 2.45) is 0 Å². The molecule has 0 fully saturated rings. The van der Waals surface area contributed by atoms with Crippen molar-refractivity contribution in [2.45, 2.75) is 0 Å². The maximum atomic E-state index is 5.12. The number of aromatic nitrogens is 3. The summed E-state index contributed by atoms with van der Waals surface area (Å²) in [4.78, 5) is 10.2. The van der Waals surface area contributed by atoms with Crippen molar-refractivity contribution < 1.29 is 0 Å². The van der Waals surface area contributed by atoms with E-state index in [0.29, 0.717) is 0 Å². The van der Waals surface area contributed by atoms with Gasteiger partial charge in [0, 0.05) is 36.3 Å². The molecule has 0 amide bonds. The Balaban J connectivity index is 1.32. The van der Waals surface area contributed by atoms with Gasteiger partial charge in [0.05, 0.1) is 22.1 Å². The highest BCUT2D eigenvalue weighted by Gasteiger charge is 2.22. The Morgan fingerprint density at radius 1 is 0.550 bits per heavy atom. The molecule has 0 radical (unpaired) electrons.